The third-order valence-corrected chi connectivity index (χ3v) is 4.61. The minimum atomic E-state index is -0.238. The van der Waals surface area contributed by atoms with E-state index in [0.29, 0.717) is 27.8 Å². The van der Waals surface area contributed by atoms with Gasteiger partial charge in [0.2, 0.25) is 5.65 Å². The second kappa shape index (κ2) is 6.81. The molecule has 0 saturated heterocycles. The molecule has 2 aromatic carbocycles. The molecule has 6 nitrogen and oxygen atoms in total. The van der Waals surface area contributed by atoms with Gasteiger partial charge in [0.25, 0.3) is 5.56 Å². The minimum Gasteiger partial charge on any atom is -0.497 e. The number of halogens is 1. The lowest BCUT2D eigenvalue weighted by atomic mass is 10.2. The van der Waals surface area contributed by atoms with Gasteiger partial charge in [0.1, 0.15) is 11.5 Å². The van der Waals surface area contributed by atoms with E-state index < -0.39 is 0 Å². The van der Waals surface area contributed by atoms with Crippen LogP contribution in [0, 0.1) is 0 Å². The largest absolute Gasteiger partial charge is 0.497 e. The van der Waals surface area contributed by atoms with Gasteiger partial charge in [-0.1, -0.05) is 11.6 Å². The van der Waals surface area contributed by atoms with E-state index in [9.17, 15) is 4.79 Å². The molecule has 0 aliphatic carbocycles. The Morgan fingerprint density at radius 1 is 1.00 bits per heavy atom. The molecule has 0 radical (unpaired) electrons. The lowest BCUT2D eigenvalue weighted by molar-refractivity contribution is 0.415. The van der Waals surface area contributed by atoms with Gasteiger partial charge < -0.3 is 13.9 Å². The quantitative estimate of drug-likeness (QED) is 0.539. The van der Waals surface area contributed by atoms with Crippen LogP contribution in [-0.2, 0) is 0 Å². The fourth-order valence-corrected chi connectivity index (χ4v) is 3.14. The first-order valence-electron chi connectivity index (χ1n) is 8.19. The summed E-state index contributed by atoms with van der Waals surface area (Å²) in [6, 6.07) is 12.7. The first-order chi connectivity index (χ1) is 13.1. The van der Waals surface area contributed by atoms with Crippen LogP contribution in [0.4, 0.5) is 0 Å². The van der Waals surface area contributed by atoms with Crippen LogP contribution in [0.25, 0.3) is 22.6 Å². The van der Waals surface area contributed by atoms with Gasteiger partial charge in [-0.05, 0) is 42.5 Å². The second-order valence-electron chi connectivity index (χ2n) is 5.88. The molecular weight excluding hydrogens is 366 g/mol. The summed E-state index contributed by atoms with van der Waals surface area (Å²) in [7, 11) is 3.16. The summed E-state index contributed by atoms with van der Waals surface area (Å²) in [5, 5.41) is 0.434. The molecule has 7 heteroatoms. The van der Waals surface area contributed by atoms with Gasteiger partial charge in [0, 0.05) is 24.2 Å². The Balaban J connectivity index is 1.80. The summed E-state index contributed by atoms with van der Waals surface area (Å²) in [5.74, 6) is 1.32. The van der Waals surface area contributed by atoms with Gasteiger partial charge in [-0.2, -0.15) is 0 Å². The molecule has 0 saturated carbocycles. The highest BCUT2D eigenvalue weighted by Gasteiger charge is 2.11. The maximum absolute atomic E-state index is 12.9. The van der Waals surface area contributed by atoms with Gasteiger partial charge in [-0.15, -0.1) is 0 Å². The van der Waals surface area contributed by atoms with Crippen molar-refractivity contribution in [3.05, 3.63) is 76.4 Å². The summed E-state index contributed by atoms with van der Waals surface area (Å²) in [5.41, 5.74) is 2.34. The Bertz CT molecular complexity index is 1180. The van der Waals surface area contributed by atoms with Crippen LogP contribution in [0.1, 0.15) is 0 Å². The number of imidazole rings is 1. The first-order valence-corrected chi connectivity index (χ1v) is 8.57. The summed E-state index contributed by atoms with van der Waals surface area (Å²) in [6.07, 6.45) is 5.30. The fourth-order valence-electron chi connectivity index (χ4n) is 2.89. The number of hydrogen-bond donors (Lipinski definition) is 0. The van der Waals surface area contributed by atoms with Gasteiger partial charge in [0.05, 0.1) is 30.6 Å². The van der Waals surface area contributed by atoms with E-state index >= 15 is 0 Å². The first kappa shape index (κ1) is 17.2. The molecule has 0 bridgehead atoms. The van der Waals surface area contributed by atoms with Crippen LogP contribution in [0.2, 0.25) is 5.02 Å². The summed E-state index contributed by atoms with van der Waals surface area (Å²) in [6.45, 7) is 0. The Morgan fingerprint density at radius 3 is 2.44 bits per heavy atom. The van der Waals surface area contributed by atoms with Crippen LogP contribution in [0.3, 0.4) is 0 Å². The SMILES string of the molecule is COc1ccc(-c2cn3ccn(-c4ccc(OC)c(Cl)c4)c(=O)c3n2)cc1. The maximum Gasteiger partial charge on any atom is 0.298 e. The molecule has 0 amide bonds. The Kier molecular flexibility index (Phi) is 4.33. The van der Waals surface area contributed by atoms with Crippen molar-refractivity contribution in [3.8, 4) is 28.4 Å². The lowest BCUT2D eigenvalue weighted by Gasteiger charge is -2.08. The third kappa shape index (κ3) is 3.04. The number of aromatic nitrogens is 3. The zero-order chi connectivity index (χ0) is 19.0. The molecule has 0 fully saturated rings. The summed E-state index contributed by atoms with van der Waals surface area (Å²) >= 11 is 6.19. The zero-order valence-electron chi connectivity index (χ0n) is 14.7. The average Bonchev–Trinajstić information content (AvgIpc) is 3.13. The highest BCUT2D eigenvalue weighted by atomic mass is 35.5. The molecule has 0 unspecified atom stereocenters. The summed E-state index contributed by atoms with van der Waals surface area (Å²) in [4.78, 5) is 17.4. The highest BCUT2D eigenvalue weighted by molar-refractivity contribution is 6.32. The number of methoxy groups -OCH3 is 2. The maximum atomic E-state index is 12.9. The Morgan fingerprint density at radius 2 is 1.78 bits per heavy atom. The standard InChI is InChI=1S/C20H16ClN3O3/c1-26-15-6-3-13(4-7-15)17-12-23-9-10-24(20(25)19(23)22-17)14-5-8-18(27-2)16(21)11-14/h3-12H,1-2H3. The lowest BCUT2D eigenvalue weighted by Crippen LogP contribution is -2.19. The van der Waals surface area contributed by atoms with E-state index in [4.69, 9.17) is 21.1 Å². The molecule has 0 aliphatic rings. The second-order valence-corrected chi connectivity index (χ2v) is 6.28. The fraction of sp³-hybridized carbons (Fsp3) is 0.100. The number of ether oxygens (including phenoxy) is 2. The van der Waals surface area contributed by atoms with Crippen LogP contribution in [0.5, 0.6) is 11.5 Å². The number of fused-ring (bicyclic) bond motifs is 1. The van der Waals surface area contributed by atoms with Crippen molar-refractivity contribution in [2.75, 3.05) is 14.2 Å². The molecule has 4 rings (SSSR count). The molecule has 2 aromatic heterocycles. The van der Waals surface area contributed by atoms with Gasteiger partial charge >= 0.3 is 0 Å². The average molecular weight is 382 g/mol. The number of benzene rings is 2. The van der Waals surface area contributed by atoms with E-state index in [2.05, 4.69) is 4.98 Å². The van der Waals surface area contributed by atoms with Crippen molar-refractivity contribution in [3.63, 3.8) is 0 Å². The van der Waals surface area contributed by atoms with Crippen LogP contribution < -0.4 is 15.0 Å². The molecular formula is C20H16ClN3O3. The van der Waals surface area contributed by atoms with Crippen molar-refractivity contribution in [2.45, 2.75) is 0 Å². The number of rotatable bonds is 4. The van der Waals surface area contributed by atoms with Crippen molar-refractivity contribution in [1.29, 1.82) is 0 Å². The van der Waals surface area contributed by atoms with Crippen LogP contribution >= 0.6 is 11.6 Å². The van der Waals surface area contributed by atoms with Crippen molar-refractivity contribution >= 4 is 17.2 Å². The third-order valence-electron chi connectivity index (χ3n) is 4.32. The predicted molar refractivity (Wildman–Crippen MR) is 104 cm³/mol. The normalized spacial score (nSPS) is 10.9. The van der Waals surface area contributed by atoms with E-state index in [1.807, 2.05) is 30.5 Å². The summed E-state index contributed by atoms with van der Waals surface area (Å²) < 4.78 is 13.6. The van der Waals surface area contributed by atoms with E-state index in [1.165, 1.54) is 4.57 Å². The molecule has 27 heavy (non-hydrogen) atoms. The molecule has 0 N–H and O–H groups in total. The van der Waals surface area contributed by atoms with Gasteiger partial charge in [-0.25, -0.2) is 4.98 Å². The Hall–Kier alpha value is -3.25. The monoisotopic (exact) mass is 381 g/mol. The topological polar surface area (TPSA) is 57.8 Å². The highest BCUT2D eigenvalue weighted by Crippen LogP contribution is 2.26. The van der Waals surface area contributed by atoms with E-state index in [1.54, 1.807) is 49.2 Å². The van der Waals surface area contributed by atoms with Crippen molar-refractivity contribution < 1.29 is 9.47 Å². The van der Waals surface area contributed by atoms with E-state index in [0.717, 1.165) is 11.3 Å². The number of nitrogens with zero attached hydrogens (tertiary/aromatic N) is 3. The van der Waals surface area contributed by atoms with Gasteiger partial charge in [-0.3, -0.25) is 9.36 Å². The van der Waals surface area contributed by atoms with Crippen molar-refractivity contribution in [1.82, 2.24) is 14.0 Å². The molecule has 0 spiro atoms. The van der Waals surface area contributed by atoms with Crippen LogP contribution in [0.15, 0.2) is 65.8 Å². The van der Waals surface area contributed by atoms with Gasteiger partial charge in [0.15, 0.2) is 0 Å². The smallest absolute Gasteiger partial charge is 0.298 e. The molecule has 4 aromatic rings. The predicted octanol–water partition coefficient (Wildman–Crippen LogP) is 3.82. The zero-order valence-corrected chi connectivity index (χ0v) is 15.5. The van der Waals surface area contributed by atoms with E-state index in [-0.39, 0.29) is 5.56 Å². The minimum absolute atomic E-state index is 0.238. The number of hydrogen-bond acceptors (Lipinski definition) is 4. The Labute approximate surface area is 160 Å². The van der Waals surface area contributed by atoms with Crippen molar-refractivity contribution in [2.24, 2.45) is 0 Å². The molecule has 0 atom stereocenters. The molecule has 136 valence electrons. The molecule has 2 heterocycles. The molecule has 0 aliphatic heterocycles. The van der Waals surface area contributed by atoms with Crippen LogP contribution in [-0.4, -0.2) is 28.2 Å².